The molecular weight excluding hydrogens is 410 g/mol. The summed E-state index contributed by atoms with van der Waals surface area (Å²) in [5.41, 5.74) is 0.700. The topological polar surface area (TPSA) is 149 Å². The number of esters is 1. The van der Waals surface area contributed by atoms with Gasteiger partial charge >= 0.3 is 17.7 Å². The van der Waals surface area contributed by atoms with E-state index in [2.05, 4.69) is 10.6 Å². The summed E-state index contributed by atoms with van der Waals surface area (Å²) in [6.07, 6.45) is 0. The molecule has 2 aromatic rings. The van der Waals surface area contributed by atoms with Gasteiger partial charge in [-0.05, 0) is 36.2 Å². The molecule has 3 N–H and O–H groups in total. The number of nitro benzene ring substituents is 1. The van der Waals surface area contributed by atoms with Crippen LogP contribution in [0.3, 0.4) is 0 Å². The minimum Gasteiger partial charge on any atom is -0.502 e. The molecule has 2 aromatic carbocycles. The molecule has 2 aliphatic heterocycles. The largest absolute Gasteiger partial charge is 0.502 e. The molecule has 0 fully saturated rings. The van der Waals surface area contributed by atoms with E-state index in [4.69, 9.17) is 14.2 Å². The third-order valence-electron chi connectivity index (χ3n) is 4.83. The first-order valence-corrected chi connectivity index (χ1v) is 9.14. The van der Waals surface area contributed by atoms with E-state index in [1.807, 2.05) is 0 Å². The lowest BCUT2D eigenvalue weighted by Gasteiger charge is -2.28. The number of urea groups is 1. The van der Waals surface area contributed by atoms with E-state index < -0.39 is 34.4 Å². The monoisotopic (exact) mass is 427 g/mol. The van der Waals surface area contributed by atoms with E-state index in [0.29, 0.717) is 17.1 Å². The zero-order chi connectivity index (χ0) is 22.1. The summed E-state index contributed by atoms with van der Waals surface area (Å²) in [6.45, 7) is 1.58. The number of rotatable bonds is 5. The average Bonchev–Trinajstić information content (AvgIpc) is 3.19. The summed E-state index contributed by atoms with van der Waals surface area (Å²) in [5, 5.41) is 25.9. The van der Waals surface area contributed by atoms with Gasteiger partial charge in [0.15, 0.2) is 17.2 Å². The molecule has 1 atom stereocenters. The van der Waals surface area contributed by atoms with Crippen LogP contribution in [0.4, 0.5) is 10.5 Å². The third-order valence-corrected chi connectivity index (χ3v) is 4.83. The summed E-state index contributed by atoms with van der Waals surface area (Å²) >= 11 is 0. The molecule has 4 rings (SSSR count). The Balaban J connectivity index is 1.59. The van der Waals surface area contributed by atoms with Crippen molar-refractivity contribution >= 4 is 17.7 Å². The maximum absolute atomic E-state index is 12.9. The van der Waals surface area contributed by atoms with Crippen LogP contribution in [-0.4, -0.2) is 28.8 Å². The summed E-state index contributed by atoms with van der Waals surface area (Å²) in [5.74, 6) is -0.100. The second-order valence-corrected chi connectivity index (χ2v) is 6.84. The number of nitrogens with one attached hydrogen (secondary N) is 2. The van der Waals surface area contributed by atoms with Gasteiger partial charge in [0.2, 0.25) is 6.79 Å². The molecule has 0 spiro atoms. The highest BCUT2D eigenvalue weighted by atomic mass is 16.7. The van der Waals surface area contributed by atoms with E-state index in [9.17, 15) is 24.8 Å². The first-order chi connectivity index (χ1) is 14.8. The molecular formula is C20H17N3O8. The van der Waals surface area contributed by atoms with Gasteiger partial charge in [0.05, 0.1) is 16.5 Å². The first kappa shape index (κ1) is 20.0. The van der Waals surface area contributed by atoms with Crippen LogP contribution in [0.25, 0.3) is 0 Å². The Hall–Kier alpha value is -4.28. The van der Waals surface area contributed by atoms with Crippen LogP contribution < -0.4 is 20.1 Å². The number of ether oxygens (including phenoxy) is 3. The predicted molar refractivity (Wildman–Crippen MR) is 104 cm³/mol. The summed E-state index contributed by atoms with van der Waals surface area (Å²) in [6, 6.07) is 7.16. The van der Waals surface area contributed by atoms with Gasteiger partial charge in [-0.25, -0.2) is 9.59 Å². The zero-order valence-corrected chi connectivity index (χ0v) is 16.2. The summed E-state index contributed by atoms with van der Waals surface area (Å²) < 4.78 is 16.0. The van der Waals surface area contributed by atoms with Crippen molar-refractivity contribution in [1.29, 1.82) is 0 Å². The number of aromatic hydroxyl groups is 1. The number of carbonyl (C=O) groups is 2. The standard InChI is InChI=1S/C20H17N3O8/c1-10-17(19(25)29-8-11-2-5-15-16(6-11)31-9-30-15)18(22-20(26)21-10)12-3-4-14(24)13(7-12)23(27)28/h2-7,18,24H,8-9H2,1H3,(H2,21,22,26)/t18-/m1/s1. The highest BCUT2D eigenvalue weighted by molar-refractivity contribution is 5.95. The third kappa shape index (κ3) is 3.92. The number of allylic oxidation sites excluding steroid dienone is 1. The Kier molecular flexibility index (Phi) is 5.07. The molecule has 0 unspecified atom stereocenters. The molecule has 0 saturated heterocycles. The van der Waals surface area contributed by atoms with Crippen LogP contribution in [0.15, 0.2) is 47.7 Å². The molecule has 0 aliphatic carbocycles. The molecule has 0 bridgehead atoms. The van der Waals surface area contributed by atoms with Crippen molar-refractivity contribution in [3.63, 3.8) is 0 Å². The number of phenols is 1. The fraction of sp³-hybridized carbons (Fsp3) is 0.200. The molecule has 11 heteroatoms. The summed E-state index contributed by atoms with van der Waals surface area (Å²) in [4.78, 5) is 35.3. The highest BCUT2D eigenvalue weighted by Gasteiger charge is 2.33. The Morgan fingerprint density at radius 2 is 2.03 bits per heavy atom. The number of hydrogen-bond acceptors (Lipinski definition) is 8. The average molecular weight is 427 g/mol. The van der Waals surface area contributed by atoms with Crippen LogP contribution in [0, 0.1) is 10.1 Å². The molecule has 2 amide bonds. The summed E-state index contributed by atoms with van der Waals surface area (Å²) in [7, 11) is 0. The molecule has 2 aliphatic rings. The Morgan fingerprint density at radius 3 is 2.81 bits per heavy atom. The smallest absolute Gasteiger partial charge is 0.338 e. The molecule has 160 valence electrons. The van der Waals surface area contributed by atoms with Crippen LogP contribution in [0.1, 0.15) is 24.1 Å². The molecule has 0 saturated carbocycles. The number of fused-ring (bicyclic) bond motifs is 1. The normalized spacial score (nSPS) is 17.1. The quantitative estimate of drug-likeness (QED) is 0.374. The number of hydrogen-bond donors (Lipinski definition) is 3. The number of benzene rings is 2. The molecule has 31 heavy (non-hydrogen) atoms. The molecule has 11 nitrogen and oxygen atoms in total. The fourth-order valence-corrected chi connectivity index (χ4v) is 3.34. The fourth-order valence-electron chi connectivity index (χ4n) is 3.34. The molecule has 0 aromatic heterocycles. The van der Waals surface area contributed by atoms with E-state index in [1.54, 1.807) is 18.2 Å². The lowest BCUT2D eigenvalue weighted by molar-refractivity contribution is -0.385. The first-order valence-electron chi connectivity index (χ1n) is 9.14. The number of amides is 2. The molecule has 2 heterocycles. The second kappa shape index (κ2) is 7.86. The van der Waals surface area contributed by atoms with Crippen molar-refractivity contribution in [3.05, 3.63) is 68.9 Å². The predicted octanol–water partition coefficient (Wildman–Crippen LogP) is 2.40. The van der Waals surface area contributed by atoms with Gasteiger partial charge in [-0.3, -0.25) is 10.1 Å². The van der Waals surface area contributed by atoms with Crippen LogP contribution in [-0.2, 0) is 16.1 Å². The minimum atomic E-state index is -1.00. The minimum absolute atomic E-state index is 0.0668. The van der Waals surface area contributed by atoms with E-state index in [0.717, 1.165) is 12.1 Å². The van der Waals surface area contributed by atoms with Gasteiger partial charge < -0.3 is 30.0 Å². The number of phenolic OH excluding ortho intramolecular Hbond substituents is 1. The lowest BCUT2D eigenvalue weighted by Crippen LogP contribution is -2.45. The van der Waals surface area contributed by atoms with Crippen molar-refractivity contribution in [2.45, 2.75) is 19.6 Å². The van der Waals surface area contributed by atoms with Crippen molar-refractivity contribution in [2.24, 2.45) is 0 Å². The van der Waals surface area contributed by atoms with Gasteiger partial charge in [-0.2, -0.15) is 0 Å². The van der Waals surface area contributed by atoms with Crippen LogP contribution in [0.2, 0.25) is 0 Å². The van der Waals surface area contributed by atoms with Gasteiger partial charge in [0, 0.05) is 11.8 Å². The van der Waals surface area contributed by atoms with Gasteiger partial charge in [-0.15, -0.1) is 0 Å². The van der Waals surface area contributed by atoms with Crippen molar-refractivity contribution < 1.29 is 33.8 Å². The van der Waals surface area contributed by atoms with Crippen molar-refractivity contribution in [1.82, 2.24) is 10.6 Å². The lowest BCUT2D eigenvalue weighted by atomic mass is 9.95. The molecule has 0 radical (unpaired) electrons. The maximum Gasteiger partial charge on any atom is 0.338 e. The Morgan fingerprint density at radius 1 is 1.26 bits per heavy atom. The van der Waals surface area contributed by atoms with Gasteiger partial charge in [0.25, 0.3) is 0 Å². The second-order valence-electron chi connectivity index (χ2n) is 6.84. The highest BCUT2D eigenvalue weighted by Crippen LogP contribution is 2.35. The van der Waals surface area contributed by atoms with Crippen LogP contribution >= 0.6 is 0 Å². The Labute approximate surface area is 175 Å². The maximum atomic E-state index is 12.9. The van der Waals surface area contributed by atoms with E-state index >= 15 is 0 Å². The number of nitro groups is 1. The van der Waals surface area contributed by atoms with E-state index in [1.165, 1.54) is 13.0 Å². The van der Waals surface area contributed by atoms with E-state index in [-0.39, 0.29) is 30.2 Å². The van der Waals surface area contributed by atoms with Gasteiger partial charge in [0.1, 0.15) is 6.61 Å². The number of nitrogens with zero attached hydrogens (tertiary/aromatic N) is 1. The SMILES string of the molecule is CC1=C(C(=O)OCc2ccc3c(c2)OCO3)[C@@H](c2ccc(O)c([N+](=O)[O-])c2)NC(=O)N1. The zero-order valence-electron chi connectivity index (χ0n) is 16.2. The van der Waals surface area contributed by atoms with Crippen molar-refractivity contribution in [2.75, 3.05) is 6.79 Å². The Bertz CT molecular complexity index is 1130. The van der Waals surface area contributed by atoms with Gasteiger partial charge in [-0.1, -0.05) is 12.1 Å². The number of carbonyl (C=O) groups excluding carboxylic acids is 2. The van der Waals surface area contributed by atoms with Crippen molar-refractivity contribution in [3.8, 4) is 17.2 Å². The van der Waals surface area contributed by atoms with Crippen LogP contribution in [0.5, 0.6) is 17.2 Å².